The zero-order valence-electron chi connectivity index (χ0n) is 17.6. The summed E-state index contributed by atoms with van der Waals surface area (Å²) in [7, 11) is 0. The minimum atomic E-state index is -0.687. The van der Waals surface area contributed by atoms with Gasteiger partial charge in [-0.3, -0.25) is 9.59 Å². The molecule has 1 saturated heterocycles. The Balaban J connectivity index is 1.75. The van der Waals surface area contributed by atoms with E-state index in [0.29, 0.717) is 13.2 Å². The smallest absolute Gasteiger partial charge is 0.290 e. The minimum Gasteiger partial charge on any atom is -0.503 e. The maximum atomic E-state index is 13.1. The summed E-state index contributed by atoms with van der Waals surface area (Å²) in [6, 6.07) is 10.3. The largest absolute Gasteiger partial charge is 0.503 e. The Morgan fingerprint density at radius 2 is 1.93 bits per heavy atom. The van der Waals surface area contributed by atoms with Crippen LogP contribution in [-0.4, -0.2) is 41.0 Å². The van der Waals surface area contributed by atoms with Crippen LogP contribution >= 0.6 is 0 Å². The minimum absolute atomic E-state index is 0.0216. The summed E-state index contributed by atoms with van der Waals surface area (Å²) in [4.78, 5) is 27.7. The third kappa shape index (κ3) is 3.67. The van der Waals surface area contributed by atoms with Crippen LogP contribution in [0.1, 0.15) is 61.3 Å². The predicted octanol–water partition coefficient (Wildman–Crippen LogP) is 4.33. The lowest BCUT2D eigenvalue weighted by Crippen LogP contribution is -2.37. The number of nitrogens with zero attached hydrogens (tertiary/aromatic N) is 1. The molecule has 0 unspecified atom stereocenters. The van der Waals surface area contributed by atoms with Crippen LogP contribution in [0.3, 0.4) is 0 Å². The van der Waals surface area contributed by atoms with Gasteiger partial charge in [0.1, 0.15) is 0 Å². The van der Waals surface area contributed by atoms with Crippen molar-refractivity contribution in [3.63, 3.8) is 0 Å². The van der Waals surface area contributed by atoms with Crippen molar-refractivity contribution in [2.75, 3.05) is 13.2 Å². The molecule has 0 spiro atoms. The monoisotopic (exact) mass is 409 g/mol. The van der Waals surface area contributed by atoms with Gasteiger partial charge in [-0.25, -0.2) is 0 Å². The first-order valence-electron chi connectivity index (χ1n) is 10.3. The fraction of sp³-hybridized carbons (Fsp3) is 0.417. The van der Waals surface area contributed by atoms with Crippen LogP contribution in [0.25, 0.3) is 0 Å². The number of Topliss-reactive ketones (excluding diaryl/α,β-unsaturated/α-hetero) is 1. The molecule has 158 valence electrons. The number of aliphatic hydroxyl groups is 1. The molecule has 4 rings (SSSR count). The molecule has 0 saturated carbocycles. The van der Waals surface area contributed by atoms with E-state index in [4.69, 9.17) is 9.15 Å². The number of rotatable bonds is 5. The Morgan fingerprint density at radius 1 is 1.20 bits per heavy atom. The summed E-state index contributed by atoms with van der Waals surface area (Å²) in [5, 5.41) is 10.7. The van der Waals surface area contributed by atoms with Crippen LogP contribution in [0.5, 0.6) is 0 Å². The van der Waals surface area contributed by atoms with E-state index in [0.717, 1.165) is 24.0 Å². The Morgan fingerprint density at radius 3 is 2.50 bits per heavy atom. The molecule has 3 heterocycles. The average Bonchev–Trinajstić information content (AvgIpc) is 3.46. The molecule has 1 aromatic heterocycles. The summed E-state index contributed by atoms with van der Waals surface area (Å²) in [6.07, 6.45) is 3.09. The molecule has 2 atom stereocenters. The molecule has 6 nitrogen and oxygen atoms in total. The molecule has 2 aromatic rings. The average molecular weight is 409 g/mol. The van der Waals surface area contributed by atoms with Crippen molar-refractivity contribution in [1.82, 2.24) is 4.90 Å². The second-order valence-electron chi connectivity index (χ2n) is 8.94. The number of ether oxygens (including phenoxy) is 1. The topological polar surface area (TPSA) is 80.0 Å². The Kier molecular flexibility index (Phi) is 5.28. The van der Waals surface area contributed by atoms with Gasteiger partial charge < -0.3 is 19.2 Å². The van der Waals surface area contributed by atoms with Crippen LogP contribution < -0.4 is 0 Å². The van der Waals surface area contributed by atoms with Gasteiger partial charge in [0.2, 0.25) is 5.78 Å². The van der Waals surface area contributed by atoms with Gasteiger partial charge in [0.05, 0.1) is 24.0 Å². The first-order chi connectivity index (χ1) is 14.3. The summed E-state index contributed by atoms with van der Waals surface area (Å²) < 4.78 is 11.0. The molecule has 1 aromatic carbocycles. The van der Waals surface area contributed by atoms with E-state index >= 15 is 0 Å². The molecule has 2 aliphatic rings. The van der Waals surface area contributed by atoms with Crippen molar-refractivity contribution in [2.45, 2.75) is 51.2 Å². The van der Waals surface area contributed by atoms with Gasteiger partial charge in [-0.2, -0.15) is 0 Å². The third-order valence-electron chi connectivity index (χ3n) is 5.81. The number of hydrogen-bond donors (Lipinski definition) is 1. The van der Waals surface area contributed by atoms with Crippen LogP contribution in [0, 0.1) is 0 Å². The van der Waals surface area contributed by atoms with Crippen molar-refractivity contribution in [2.24, 2.45) is 0 Å². The van der Waals surface area contributed by atoms with Gasteiger partial charge in [-0.15, -0.1) is 0 Å². The second kappa shape index (κ2) is 7.76. The van der Waals surface area contributed by atoms with Crippen LogP contribution in [-0.2, 0) is 14.9 Å². The molecule has 30 heavy (non-hydrogen) atoms. The molecule has 0 aliphatic carbocycles. The molecular weight excluding hydrogens is 382 g/mol. The molecule has 2 aliphatic heterocycles. The lowest BCUT2D eigenvalue weighted by Gasteiger charge is -2.29. The highest BCUT2D eigenvalue weighted by molar-refractivity contribution is 6.15. The maximum Gasteiger partial charge on any atom is 0.290 e. The van der Waals surface area contributed by atoms with Gasteiger partial charge in [-0.05, 0) is 41.5 Å². The zero-order chi connectivity index (χ0) is 21.5. The van der Waals surface area contributed by atoms with Gasteiger partial charge >= 0.3 is 0 Å². The van der Waals surface area contributed by atoms with E-state index in [1.165, 1.54) is 12.3 Å². The number of benzene rings is 1. The normalized spacial score (nSPS) is 22.2. The first-order valence-corrected chi connectivity index (χ1v) is 10.3. The fourth-order valence-electron chi connectivity index (χ4n) is 4.13. The van der Waals surface area contributed by atoms with Gasteiger partial charge in [0, 0.05) is 13.2 Å². The van der Waals surface area contributed by atoms with Gasteiger partial charge in [-0.1, -0.05) is 45.0 Å². The van der Waals surface area contributed by atoms with E-state index in [9.17, 15) is 14.7 Å². The predicted molar refractivity (Wildman–Crippen MR) is 111 cm³/mol. The van der Waals surface area contributed by atoms with E-state index in [1.54, 1.807) is 11.0 Å². The zero-order valence-corrected chi connectivity index (χ0v) is 17.6. The molecule has 1 amide bonds. The second-order valence-corrected chi connectivity index (χ2v) is 8.94. The standard InChI is InChI=1S/C24H27NO5/c1-24(2,3)16-10-8-15(9-11-16)20-19(21(26)18-7-5-13-30-18)22(27)23(28)25(20)14-17-6-4-12-29-17/h5,7-11,13,17,20,27H,4,6,12,14H2,1-3H3/t17-,20-/m0/s1. The number of aliphatic hydroxyl groups excluding tert-OH is 1. The van der Waals surface area contributed by atoms with Crippen molar-refractivity contribution in [3.05, 3.63) is 70.9 Å². The third-order valence-corrected chi connectivity index (χ3v) is 5.81. The Labute approximate surface area is 176 Å². The van der Waals surface area contributed by atoms with Crippen LogP contribution in [0.15, 0.2) is 58.4 Å². The summed E-state index contributed by atoms with van der Waals surface area (Å²) >= 11 is 0. The van der Waals surface area contributed by atoms with Crippen LogP contribution in [0.4, 0.5) is 0 Å². The SMILES string of the molecule is CC(C)(C)c1ccc([C@H]2C(C(=O)c3ccco3)=C(O)C(=O)N2C[C@@H]2CCCO2)cc1. The summed E-state index contributed by atoms with van der Waals surface area (Å²) in [5.41, 5.74) is 1.95. The van der Waals surface area contributed by atoms with Crippen molar-refractivity contribution < 1.29 is 23.8 Å². The van der Waals surface area contributed by atoms with E-state index in [2.05, 4.69) is 20.8 Å². The Bertz CT molecular complexity index is 960. The lowest BCUT2D eigenvalue weighted by molar-refractivity contribution is -0.131. The lowest BCUT2D eigenvalue weighted by atomic mass is 9.85. The highest BCUT2D eigenvalue weighted by Gasteiger charge is 2.45. The van der Waals surface area contributed by atoms with E-state index in [-0.39, 0.29) is 22.9 Å². The molecule has 0 bridgehead atoms. The molecular formula is C24H27NO5. The van der Waals surface area contributed by atoms with E-state index < -0.39 is 23.5 Å². The van der Waals surface area contributed by atoms with Gasteiger partial charge in [0.25, 0.3) is 5.91 Å². The molecule has 1 fully saturated rings. The fourth-order valence-corrected chi connectivity index (χ4v) is 4.13. The summed E-state index contributed by atoms with van der Waals surface area (Å²) in [5.74, 6) is -1.45. The highest BCUT2D eigenvalue weighted by atomic mass is 16.5. The quantitative estimate of drug-likeness (QED) is 0.744. The Hall–Kier alpha value is -2.86. The van der Waals surface area contributed by atoms with Crippen LogP contribution in [0.2, 0.25) is 0 Å². The molecule has 1 N–H and O–H groups in total. The van der Waals surface area contributed by atoms with E-state index in [1.807, 2.05) is 24.3 Å². The molecule has 6 heteroatoms. The number of carbonyl (C=O) groups excluding carboxylic acids is 2. The summed E-state index contributed by atoms with van der Waals surface area (Å²) in [6.45, 7) is 7.37. The maximum absolute atomic E-state index is 13.1. The number of hydrogen-bond acceptors (Lipinski definition) is 5. The number of carbonyl (C=O) groups is 2. The first kappa shape index (κ1) is 20.4. The van der Waals surface area contributed by atoms with Gasteiger partial charge in [0.15, 0.2) is 11.5 Å². The highest BCUT2D eigenvalue weighted by Crippen LogP contribution is 2.40. The van der Waals surface area contributed by atoms with Crippen molar-refractivity contribution in [1.29, 1.82) is 0 Å². The number of amides is 1. The van der Waals surface area contributed by atoms with Crippen molar-refractivity contribution in [3.8, 4) is 0 Å². The molecule has 0 radical (unpaired) electrons. The number of furan rings is 1. The number of ketones is 1. The van der Waals surface area contributed by atoms with Crippen molar-refractivity contribution >= 4 is 11.7 Å².